The van der Waals surface area contributed by atoms with E-state index in [-0.39, 0.29) is 0 Å². The smallest absolute Gasteiger partial charge is 0.187 e. The van der Waals surface area contributed by atoms with E-state index in [0.717, 1.165) is 83.2 Å². The molecule has 11 rings (SSSR count). The second kappa shape index (κ2) is 14.6. The number of nitriles is 1. The van der Waals surface area contributed by atoms with Crippen LogP contribution in [0.25, 0.3) is 82.1 Å². The molecule has 0 aliphatic carbocycles. The van der Waals surface area contributed by atoms with E-state index in [0.29, 0.717) is 11.3 Å². The Morgan fingerprint density at radius 3 is 1.30 bits per heavy atom. The lowest BCUT2D eigenvalue weighted by molar-refractivity contribution is 1.18. The number of rotatable bonds is 7. The topological polar surface area (TPSA) is 41.2 Å². The summed E-state index contributed by atoms with van der Waals surface area (Å²) < 4.78 is 4.57. The first-order chi connectivity index (χ1) is 30.1. The number of fused-ring (bicyclic) bond motifs is 6. The van der Waals surface area contributed by atoms with E-state index in [1.54, 1.807) is 0 Å². The van der Waals surface area contributed by atoms with Crippen molar-refractivity contribution < 1.29 is 0 Å². The maximum Gasteiger partial charge on any atom is 0.187 e. The first-order valence-corrected chi connectivity index (χ1v) is 20.3. The largest absolute Gasteiger partial charge is 0.310 e. The summed E-state index contributed by atoms with van der Waals surface area (Å²) in [6.45, 7) is 7.49. The molecule has 5 nitrogen and oxygen atoms in total. The van der Waals surface area contributed by atoms with Gasteiger partial charge in [0.05, 0.1) is 40.3 Å². The van der Waals surface area contributed by atoms with E-state index in [2.05, 4.69) is 183 Å². The maximum atomic E-state index is 9.51. The van der Waals surface area contributed by atoms with Crippen LogP contribution in [0.3, 0.4) is 0 Å². The molecule has 61 heavy (non-hydrogen) atoms. The SMILES string of the molecule is [C-]#[N+]c1ccc(-n2c3ccccc3c3cc(N(c4ccc(-c5ccc(-c6ccccc6)cc5)cc4)c4ccc5c(c4)c4ccccc4n5-c4ccc(C#N)cc4)ccc32)cc1. The van der Waals surface area contributed by atoms with Crippen LogP contribution in [0.1, 0.15) is 5.56 Å². The molecule has 11 aromatic rings. The molecule has 2 heterocycles. The highest BCUT2D eigenvalue weighted by Crippen LogP contribution is 2.43. The zero-order valence-corrected chi connectivity index (χ0v) is 32.9. The minimum atomic E-state index is 0.620. The fraction of sp³-hybridized carbons (Fsp3) is 0. The van der Waals surface area contributed by atoms with Crippen molar-refractivity contribution in [2.24, 2.45) is 0 Å². The van der Waals surface area contributed by atoms with E-state index >= 15 is 0 Å². The minimum Gasteiger partial charge on any atom is -0.310 e. The van der Waals surface area contributed by atoms with Crippen LogP contribution in [-0.4, -0.2) is 9.13 Å². The average molecular weight is 778 g/mol. The third kappa shape index (κ3) is 6.09. The molecule has 0 aliphatic heterocycles. The third-order valence-electron chi connectivity index (χ3n) is 11.8. The number of para-hydroxylation sites is 2. The third-order valence-corrected chi connectivity index (χ3v) is 11.8. The van der Waals surface area contributed by atoms with Gasteiger partial charge in [-0.25, -0.2) is 4.85 Å². The van der Waals surface area contributed by atoms with Gasteiger partial charge in [-0.15, -0.1) is 0 Å². The normalized spacial score (nSPS) is 11.2. The number of hydrogen-bond donors (Lipinski definition) is 0. The van der Waals surface area contributed by atoms with Crippen molar-refractivity contribution >= 4 is 66.4 Å². The summed E-state index contributed by atoms with van der Waals surface area (Å²) >= 11 is 0. The Labute approximate surface area is 353 Å². The molecule has 2 aromatic heterocycles. The van der Waals surface area contributed by atoms with Crippen LogP contribution >= 0.6 is 0 Å². The minimum absolute atomic E-state index is 0.620. The summed E-state index contributed by atoms with van der Waals surface area (Å²) in [5.74, 6) is 0. The van der Waals surface area contributed by atoms with Crippen LogP contribution in [-0.2, 0) is 0 Å². The van der Waals surface area contributed by atoms with Gasteiger partial charge < -0.3 is 14.0 Å². The average Bonchev–Trinajstić information content (AvgIpc) is 3.84. The molecule has 0 saturated heterocycles. The van der Waals surface area contributed by atoms with Gasteiger partial charge in [-0.05, 0) is 119 Å². The molecule has 0 bridgehead atoms. The van der Waals surface area contributed by atoms with Crippen molar-refractivity contribution in [3.05, 3.63) is 229 Å². The molecule has 5 heteroatoms. The predicted molar refractivity (Wildman–Crippen MR) is 252 cm³/mol. The molecule has 0 unspecified atom stereocenters. The monoisotopic (exact) mass is 777 g/mol. The summed E-state index contributed by atoms with van der Waals surface area (Å²) in [7, 11) is 0. The molecule has 0 aliphatic rings. The van der Waals surface area contributed by atoms with Gasteiger partial charge in [0.15, 0.2) is 5.69 Å². The molecule has 284 valence electrons. The lowest BCUT2D eigenvalue weighted by Gasteiger charge is -2.26. The summed E-state index contributed by atoms with van der Waals surface area (Å²) in [5.41, 5.74) is 15.5. The first-order valence-electron chi connectivity index (χ1n) is 20.3. The van der Waals surface area contributed by atoms with Crippen molar-refractivity contribution in [2.75, 3.05) is 4.90 Å². The van der Waals surface area contributed by atoms with Crippen molar-refractivity contribution in [3.63, 3.8) is 0 Å². The predicted octanol–water partition coefficient (Wildman–Crippen LogP) is 15.1. The van der Waals surface area contributed by atoms with Gasteiger partial charge in [-0.1, -0.05) is 115 Å². The molecule has 0 fully saturated rings. The second-order valence-electron chi connectivity index (χ2n) is 15.2. The zero-order valence-electron chi connectivity index (χ0n) is 32.9. The van der Waals surface area contributed by atoms with Crippen LogP contribution < -0.4 is 4.90 Å². The fourth-order valence-electron chi connectivity index (χ4n) is 8.85. The van der Waals surface area contributed by atoms with Gasteiger partial charge in [0.2, 0.25) is 0 Å². The Hall–Kier alpha value is -8.64. The van der Waals surface area contributed by atoms with Crippen LogP contribution in [0.5, 0.6) is 0 Å². The van der Waals surface area contributed by atoms with Gasteiger partial charge in [-0.3, -0.25) is 0 Å². The molecule has 0 N–H and O–H groups in total. The summed E-state index contributed by atoms with van der Waals surface area (Å²) in [4.78, 5) is 5.98. The highest BCUT2D eigenvalue weighted by atomic mass is 15.1. The Balaban J connectivity index is 1.08. The number of benzene rings is 9. The molecule has 0 amide bonds. The number of hydrogen-bond acceptors (Lipinski definition) is 2. The van der Waals surface area contributed by atoms with Gasteiger partial charge in [0.25, 0.3) is 0 Å². The van der Waals surface area contributed by atoms with E-state index in [9.17, 15) is 5.26 Å². The summed E-state index contributed by atoms with van der Waals surface area (Å²) in [6, 6.07) is 76.6. The molecule has 0 radical (unpaired) electrons. The van der Waals surface area contributed by atoms with Gasteiger partial charge in [-0.2, -0.15) is 5.26 Å². The van der Waals surface area contributed by atoms with Crippen molar-refractivity contribution in [3.8, 4) is 39.7 Å². The van der Waals surface area contributed by atoms with E-state index < -0.39 is 0 Å². The molecule has 0 spiro atoms. The van der Waals surface area contributed by atoms with Crippen LogP contribution in [0.15, 0.2) is 212 Å². The quantitative estimate of drug-likeness (QED) is 0.151. The van der Waals surface area contributed by atoms with Gasteiger partial charge in [0.1, 0.15) is 0 Å². The Morgan fingerprint density at radius 2 is 0.803 bits per heavy atom. The van der Waals surface area contributed by atoms with Crippen molar-refractivity contribution in [2.45, 2.75) is 0 Å². The molecular formula is C56H35N5. The Kier molecular flexibility index (Phi) is 8.52. The van der Waals surface area contributed by atoms with E-state index in [4.69, 9.17) is 6.57 Å². The zero-order chi connectivity index (χ0) is 40.9. The summed E-state index contributed by atoms with van der Waals surface area (Å²) in [6.07, 6.45) is 0. The Morgan fingerprint density at radius 1 is 0.393 bits per heavy atom. The van der Waals surface area contributed by atoms with Gasteiger partial charge >= 0.3 is 0 Å². The number of anilines is 3. The molecule has 0 saturated carbocycles. The number of nitrogens with zero attached hydrogens (tertiary/aromatic N) is 5. The van der Waals surface area contributed by atoms with E-state index in [1.165, 1.54) is 11.1 Å². The standard InChI is InChI=1S/C56H35N5/c1-58-43-23-29-46(30-24-43)61-54-14-8-6-12-50(54)52-36-48(32-34-56(52)61)59(44-27-21-42(22-28-44)41-19-17-40(18-20-41)39-9-3-2-4-10-39)47-31-33-55-51(35-47)49-11-5-7-13-53(49)60(55)45-25-15-38(37-57)16-26-45/h2-36H. The highest BCUT2D eigenvalue weighted by molar-refractivity contribution is 6.12. The van der Waals surface area contributed by atoms with Crippen molar-refractivity contribution in [1.29, 1.82) is 5.26 Å². The van der Waals surface area contributed by atoms with Gasteiger partial charge in [0, 0.05) is 50.0 Å². The highest BCUT2D eigenvalue weighted by Gasteiger charge is 2.20. The van der Waals surface area contributed by atoms with Crippen LogP contribution in [0.4, 0.5) is 22.7 Å². The lowest BCUT2D eigenvalue weighted by atomic mass is 10.00. The lowest BCUT2D eigenvalue weighted by Crippen LogP contribution is -2.10. The van der Waals surface area contributed by atoms with E-state index in [1.807, 2.05) is 54.6 Å². The van der Waals surface area contributed by atoms with Crippen molar-refractivity contribution in [1.82, 2.24) is 9.13 Å². The molecular weight excluding hydrogens is 743 g/mol. The maximum absolute atomic E-state index is 9.51. The first kappa shape index (κ1) is 35.5. The van der Waals surface area contributed by atoms with Crippen LogP contribution in [0, 0.1) is 17.9 Å². The second-order valence-corrected chi connectivity index (χ2v) is 15.2. The fourth-order valence-corrected chi connectivity index (χ4v) is 8.85. The molecule has 0 atom stereocenters. The molecule has 9 aromatic carbocycles. The summed E-state index contributed by atoms with van der Waals surface area (Å²) in [5, 5.41) is 14.1. The Bertz CT molecular complexity index is 3330. The number of aromatic nitrogens is 2. The van der Waals surface area contributed by atoms with Crippen LogP contribution in [0.2, 0.25) is 0 Å².